The van der Waals surface area contributed by atoms with Crippen molar-refractivity contribution in [2.75, 3.05) is 5.32 Å². The van der Waals surface area contributed by atoms with Gasteiger partial charge in [-0.1, -0.05) is 23.7 Å². The molecule has 5 aromatic rings. The van der Waals surface area contributed by atoms with Crippen LogP contribution < -0.4 is 10.9 Å². The van der Waals surface area contributed by atoms with Gasteiger partial charge in [0, 0.05) is 0 Å². The number of H-pyrrole nitrogens is 1. The number of benzene rings is 2. The summed E-state index contributed by atoms with van der Waals surface area (Å²) < 4.78 is 29.9. The Morgan fingerprint density at radius 2 is 1.91 bits per heavy atom. The molecular weight excluding hydrogens is 440 g/mol. The first-order chi connectivity index (χ1) is 15.5. The Morgan fingerprint density at radius 3 is 2.72 bits per heavy atom. The zero-order valence-electron chi connectivity index (χ0n) is 16.5. The molecule has 0 spiro atoms. The van der Waals surface area contributed by atoms with Gasteiger partial charge in [-0.15, -0.1) is 0 Å². The summed E-state index contributed by atoms with van der Waals surface area (Å²) in [5, 5.41) is 2.64. The lowest BCUT2D eigenvalue weighted by atomic mass is 10.2. The Hall–Kier alpha value is -3.92. The minimum Gasteiger partial charge on any atom is -0.358 e. The van der Waals surface area contributed by atoms with Gasteiger partial charge >= 0.3 is 0 Å². The predicted molar refractivity (Wildman–Crippen MR) is 116 cm³/mol. The van der Waals surface area contributed by atoms with Crippen molar-refractivity contribution in [3.8, 4) is 5.69 Å². The second kappa shape index (κ2) is 7.65. The van der Waals surface area contributed by atoms with Gasteiger partial charge in [0.25, 0.3) is 5.56 Å². The molecule has 0 saturated carbocycles. The highest BCUT2D eigenvalue weighted by Gasteiger charge is 2.23. The van der Waals surface area contributed by atoms with E-state index in [9.17, 15) is 13.6 Å². The standard InChI is InChI=1S/C21H14ClF2N7O/c1-10(29-19-17-18(26-8-25-17)27-9-28-19)20-30-13-7-6-12(24)16(22)15(13)21(32)31(20)14-5-3-2-4-11(14)23/h2-10H,1H3,(H2,25,26,27,28,29)/t10-/m0/s1. The first-order valence-corrected chi connectivity index (χ1v) is 9.89. The molecule has 0 bridgehead atoms. The minimum atomic E-state index is -0.765. The summed E-state index contributed by atoms with van der Waals surface area (Å²) >= 11 is 6.08. The number of nitrogens with zero attached hydrogens (tertiary/aromatic N) is 5. The highest BCUT2D eigenvalue weighted by molar-refractivity contribution is 6.35. The molecule has 0 fully saturated rings. The second-order valence-electron chi connectivity index (χ2n) is 7.01. The van der Waals surface area contributed by atoms with E-state index in [1.54, 1.807) is 13.0 Å². The SMILES string of the molecule is C[C@H](Nc1ncnc2[nH]cnc12)c1nc2ccc(F)c(Cl)c2c(=O)n1-c1ccccc1F. The van der Waals surface area contributed by atoms with Crippen LogP contribution in [-0.4, -0.2) is 29.5 Å². The van der Waals surface area contributed by atoms with Crippen LogP contribution in [0.3, 0.4) is 0 Å². The molecule has 1 atom stereocenters. The molecule has 0 aliphatic heterocycles. The van der Waals surface area contributed by atoms with Crippen molar-refractivity contribution in [2.45, 2.75) is 13.0 Å². The van der Waals surface area contributed by atoms with Gasteiger partial charge in [-0.25, -0.2) is 28.7 Å². The maximum atomic E-state index is 14.7. The first-order valence-electron chi connectivity index (χ1n) is 9.52. The quantitative estimate of drug-likeness (QED) is 0.424. The van der Waals surface area contributed by atoms with Gasteiger partial charge in [0.05, 0.1) is 34.0 Å². The Morgan fingerprint density at radius 1 is 1.09 bits per heavy atom. The Kier molecular flexibility index (Phi) is 4.78. The number of fused-ring (bicyclic) bond motifs is 2. The van der Waals surface area contributed by atoms with Crippen LogP contribution in [0, 0.1) is 11.6 Å². The highest BCUT2D eigenvalue weighted by atomic mass is 35.5. The van der Waals surface area contributed by atoms with E-state index >= 15 is 0 Å². The Bertz CT molecular complexity index is 1550. The fraction of sp³-hybridized carbons (Fsp3) is 0.0952. The number of imidazole rings is 1. The third kappa shape index (κ3) is 3.16. The molecular formula is C21H14ClF2N7O. The maximum absolute atomic E-state index is 14.7. The van der Waals surface area contributed by atoms with E-state index in [4.69, 9.17) is 11.6 Å². The molecule has 2 N–H and O–H groups in total. The molecule has 32 heavy (non-hydrogen) atoms. The van der Waals surface area contributed by atoms with Gasteiger partial charge in [0.15, 0.2) is 11.5 Å². The van der Waals surface area contributed by atoms with Crippen molar-refractivity contribution in [1.82, 2.24) is 29.5 Å². The van der Waals surface area contributed by atoms with Crippen molar-refractivity contribution in [3.05, 3.63) is 81.9 Å². The smallest absolute Gasteiger partial charge is 0.267 e. The lowest BCUT2D eigenvalue weighted by Crippen LogP contribution is -2.28. The average Bonchev–Trinajstić information content (AvgIpc) is 3.27. The molecule has 5 rings (SSSR count). The third-order valence-electron chi connectivity index (χ3n) is 5.00. The Labute approximate surface area is 184 Å². The molecule has 3 heterocycles. The molecule has 0 unspecified atom stereocenters. The molecule has 0 aliphatic carbocycles. The normalized spacial score (nSPS) is 12.4. The van der Waals surface area contributed by atoms with Gasteiger partial charge in [0.1, 0.15) is 29.3 Å². The van der Waals surface area contributed by atoms with Gasteiger partial charge in [-0.05, 0) is 31.2 Å². The zero-order valence-corrected chi connectivity index (χ0v) is 17.2. The van der Waals surface area contributed by atoms with E-state index < -0.39 is 23.2 Å². The predicted octanol–water partition coefficient (Wildman–Crippen LogP) is 4.16. The summed E-state index contributed by atoms with van der Waals surface area (Å²) in [7, 11) is 0. The van der Waals surface area contributed by atoms with E-state index in [2.05, 4.69) is 30.2 Å². The average molecular weight is 454 g/mol. The number of para-hydroxylation sites is 1. The molecule has 160 valence electrons. The zero-order chi connectivity index (χ0) is 22.4. The van der Waals surface area contributed by atoms with E-state index in [0.29, 0.717) is 17.0 Å². The van der Waals surface area contributed by atoms with Gasteiger partial charge in [-0.2, -0.15) is 0 Å². The molecule has 11 heteroatoms. The first kappa shape index (κ1) is 20.0. The van der Waals surface area contributed by atoms with Crippen LogP contribution in [-0.2, 0) is 0 Å². The number of aromatic nitrogens is 6. The lowest BCUT2D eigenvalue weighted by Gasteiger charge is -2.20. The monoisotopic (exact) mass is 453 g/mol. The van der Waals surface area contributed by atoms with E-state index in [-0.39, 0.29) is 27.4 Å². The number of hydrogen-bond acceptors (Lipinski definition) is 6. The van der Waals surface area contributed by atoms with Gasteiger partial charge < -0.3 is 10.3 Å². The van der Waals surface area contributed by atoms with Crippen LogP contribution >= 0.6 is 11.6 Å². The number of anilines is 1. The van der Waals surface area contributed by atoms with E-state index in [1.807, 2.05) is 0 Å². The van der Waals surface area contributed by atoms with Crippen LogP contribution in [0.5, 0.6) is 0 Å². The fourth-order valence-corrected chi connectivity index (χ4v) is 3.76. The largest absolute Gasteiger partial charge is 0.358 e. The van der Waals surface area contributed by atoms with Gasteiger partial charge in [-0.3, -0.25) is 9.36 Å². The molecule has 8 nitrogen and oxygen atoms in total. The maximum Gasteiger partial charge on any atom is 0.267 e. The van der Waals surface area contributed by atoms with Crippen molar-refractivity contribution in [3.63, 3.8) is 0 Å². The fourth-order valence-electron chi connectivity index (χ4n) is 3.52. The van der Waals surface area contributed by atoms with E-state index in [1.165, 1.54) is 36.9 Å². The van der Waals surface area contributed by atoms with Crippen molar-refractivity contribution in [1.29, 1.82) is 0 Å². The second-order valence-corrected chi connectivity index (χ2v) is 7.38. The molecule has 0 amide bonds. The number of aromatic amines is 1. The van der Waals surface area contributed by atoms with E-state index in [0.717, 1.165) is 10.6 Å². The number of nitrogens with one attached hydrogen (secondary N) is 2. The third-order valence-corrected chi connectivity index (χ3v) is 5.37. The van der Waals surface area contributed by atoms with Crippen LogP contribution in [0.15, 0.2) is 53.8 Å². The molecule has 2 aromatic carbocycles. The molecule has 0 radical (unpaired) electrons. The number of hydrogen-bond donors (Lipinski definition) is 2. The number of rotatable bonds is 4. The Balaban J connectivity index is 1.75. The summed E-state index contributed by atoms with van der Waals surface area (Å²) in [5.74, 6) is -0.833. The van der Waals surface area contributed by atoms with Crippen LogP contribution in [0.25, 0.3) is 27.8 Å². The summed E-state index contributed by atoms with van der Waals surface area (Å²) in [4.78, 5) is 33.4. The summed E-state index contributed by atoms with van der Waals surface area (Å²) in [6.45, 7) is 1.73. The van der Waals surface area contributed by atoms with Gasteiger partial charge in [0.2, 0.25) is 0 Å². The summed E-state index contributed by atoms with van der Waals surface area (Å²) in [6.07, 6.45) is 2.84. The molecule has 3 aromatic heterocycles. The van der Waals surface area contributed by atoms with Crippen molar-refractivity contribution in [2.24, 2.45) is 0 Å². The van der Waals surface area contributed by atoms with Crippen LogP contribution in [0.4, 0.5) is 14.6 Å². The van der Waals surface area contributed by atoms with Crippen molar-refractivity contribution >= 4 is 39.5 Å². The minimum absolute atomic E-state index is 0.0384. The topological polar surface area (TPSA) is 101 Å². The summed E-state index contributed by atoms with van der Waals surface area (Å²) in [5.41, 5.74) is 0.467. The van der Waals surface area contributed by atoms with Crippen LogP contribution in [0.1, 0.15) is 18.8 Å². The van der Waals surface area contributed by atoms with Crippen molar-refractivity contribution < 1.29 is 8.78 Å². The molecule has 0 aliphatic rings. The summed E-state index contributed by atoms with van der Waals surface area (Å²) in [6, 6.07) is 7.60. The number of halogens is 3. The lowest BCUT2D eigenvalue weighted by molar-refractivity contribution is 0.606. The van der Waals surface area contributed by atoms with Crippen LogP contribution in [0.2, 0.25) is 5.02 Å². The molecule has 0 saturated heterocycles. The highest BCUT2D eigenvalue weighted by Crippen LogP contribution is 2.27.